The van der Waals surface area contributed by atoms with E-state index < -0.39 is 11.4 Å². The molecule has 0 aromatic heterocycles. The molecule has 4 rings (SSSR count). The van der Waals surface area contributed by atoms with Crippen molar-refractivity contribution in [3.63, 3.8) is 0 Å². The molecule has 2 aromatic rings. The molecule has 1 saturated heterocycles. The molecule has 2 aliphatic rings. The van der Waals surface area contributed by atoms with Crippen molar-refractivity contribution in [1.82, 2.24) is 15.3 Å². The fourth-order valence-corrected chi connectivity index (χ4v) is 5.77. The van der Waals surface area contributed by atoms with Crippen molar-refractivity contribution in [3.05, 3.63) is 70.4 Å². The lowest BCUT2D eigenvalue weighted by Gasteiger charge is -2.38. The average molecular weight is 507 g/mol. The molecule has 2 aliphatic heterocycles. The molecule has 37 heavy (non-hydrogen) atoms. The van der Waals surface area contributed by atoms with Gasteiger partial charge in [-0.25, -0.2) is 11.3 Å². The van der Waals surface area contributed by atoms with E-state index in [0.717, 1.165) is 55.0 Å². The lowest BCUT2D eigenvalue weighted by Crippen LogP contribution is -2.49. The molecule has 0 amide bonds. The van der Waals surface area contributed by atoms with E-state index in [4.69, 9.17) is 11.6 Å². The summed E-state index contributed by atoms with van der Waals surface area (Å²) in [6.45, 7) is 11.5. The van der Waals surface area contributed by atoms with Crippen LogP contribution in [0.15, 0.2) is 42.6 Å². The molecule has 2 atom stereocenters. The monoisotopic (exact) mass is 506 g/mol. The fourth-order valence-electron chi connectivity index (χ4n) is 5.77. The molecule has 0 spiro atoms. The lowest BCUT2D eigenvalue weighted by molar-refractivity contribution is -0.147. The molecule has 200 valence electrons. The molecule has 2 unspecified atom stereocenters. The molecule has 0 radical (unpaired) electrons. The Balaban J connectivity index is 1.69. The predicted molar refractivity (Wildman–Crippen MR) is 150 cm³/mol. The van der Waals surface area contributed by atoms with Crippen molar-refractivity contribution in [2.75, 3.05) is 37.4 Å². The fraction of sp³-hybridized carbons (Fsp3) is 0.483. The minimum atomic E-state index is -1.05. The minimum Gasteiger partial charge on any atom is -0.481 e. The van der Waals surface area contributed by atoms with E-state index in [1.807, 2.05) is 19.1 Å². The zero-order valence-electron chi connectivity index (χ0n) is 22.8. The standard InChI is InChI=1S/C29H42N6O2/c1-19-9-10-21(16-22(19)17-34-14-6-8-23(18-34)35-15-7-13-32-35)26(29(3,4)28(36)37)24-11-12-25(33(5)31)27(30)20(24)2/h7,9-12,15-16,23,26,32H,6,8,13-14,17-18,30-31H2,1-5H3,(H,36,37). The van der Waals surface area contributed by atoms with Gasteiger partial charge < -0.3 is 20.9 Å². The van der Waals surface area contributed by atoms with Gasteiger partial charge in [-0.2, -0.15) is 0 Å². The quantitative estimate of drug-likeness (QED) is 0.243. The number of nitrogens with one attached hydrogen (secondary N) is 1. The van der Waals surface area contributed by atoms with Gasteiger partial charge >= 0.3 is 5.97 Å². The highest BCUT2D eigenvalue weighted by atomic mass is 16.4. The number of aliphatic carboxylic acids is 1. The van der Waals surface area contributed by atoms with E-state index >= 15 is 0 Å². The minimum absolute atomic E-state index is 0.378. The number of hydrogen-bond donors (Lipinski definition) is 4. The topological polar surface area (TPSA) is 111 Å². The van der Waals surface area contributed by atoms with Gasteiger partial charge in [-0.1, -0.05) is 30.3 Å². The van der Waals surface area contributed by atoms with Crippen molar-refractivity contribution in [2.45, 2.75) is 59.0 Å². The summed E-state index contributed by atoms with van der Waals surface area (Å²) in [7, 11) is 1.75. The summed E-state index contributed by atoms with van der Waals surface area (Å²) in [5.41, 5.74) is 15.4. The SMILES string of the molecule is Cc1ccc(C(c2ccc(N(C)N)c(N)c2C)C(C)(C)C(=O)O)cc1CN1CCCC(N2C=CCN2)C1. The smallest absolute Gasteiger partial charge is 0.310 e. The van der Waals surface area contributed by atoms with Crippen molar-refractivity contribution < 1.29 is 9.90 Å². The van der Waals surface area contributed by atoms with Crippen LogP contribution in [0.1, 0.15) is 60.4 Å². The highest BCUT2D eigenvalue weighted by Crippen LogP contribution is 2.45. The highest BCUT2D eigenvalue weighted by Gasteiger charge is 2.40. The van der Waals surface area contributed by atoms with Gasteiger partial charge in [0.05, 0.1) is 22.8 Å². The Bertz CT molecular complexity index is 1180. The van der Waals surface area contributed by atoms with Crippen LogP contribution in [0.5, 0.6) is 0 Å². The number of carboxylic acids is 1. The summed E-state index contributed by atoms with van der Waals surface area (Å²) in [6.07, 6.45) is 6.64. The van der Waals surface area contributed by atoms with Gasteiger partial charge in [-0.05, 0) is 81.0 Å². The van der Waals surface area contributed by atoms with Gasteiger partial charge in [0.15, 0.2) is 0 Å². The zero-order chi connectivity index (χ0) is 26.9. The molecule has 0 aliphatic carbocycles. The Labute approximate surface area is 220 Å². The number of hydrazine groups is 2. The van der Waals surface area contributed by atoms with Crippen molar-refractivity contribution in [2.24, 2.45) is 11.3 Å². The van der Waals surface area contributed by atoms with Crippen LogP contribution in [0.2, 0.25) is 0 Å². The maximum Gasteiger partial charge on any atom is 0.310 e. The average Bonchev–Trinajstić information content (AvgIpc) is 3.39. The maximum absolute atomic E-state index is 12.5. The molecule has 6 N–H and O–H groups in total. The number of hydrogen-bond acceptors (Lipinski definition) is 7. The first-order valence-corrected chi connectivity index (χ1v) is 13.1. The number of nitrogen functional groups attached to an aromatic ring is 1. The number of piperidine rings is 1. The first kappa shape index (κ1) is 27.0. The summed E-state index contributed by atoms with van der Waals surface area (Å²) in [6, 6.07) is 10.7. The Hall–Kier alpha value is -3.07. The van der Waals surface area contributed by atoms with Crippen molar-refractivity contribution in [3.8, 4) is 0 Å². The largest absolute Gasteiger partial charge is 0.481 e. The molecule has 2 heterocycles. The number of carboxylic acid groups (broad SMARTS) is 1. The van der Waals surface area contributed by atoms with E-state index in [1.54, 1.807) is 20.9 Å². The number of aryl methyl sites for hydroxylation is 1. The number of likely N-dealkylation sites (tertiary alicyclic amines) is 1. The predicted octanol–water partition coefficient (Wildman–Crippen LogP) is 3.74. The molecule has 2 aromatic carbocycles. The number of nitrogens with zero attached hydrogens (tertiary/aromatic N) is 3. The normalized spacial score (nSPS) is 19.3. The molecule has 0 saturated carbocycles. The van der Waals surface area contributed by atoms with E-state index in [0.29, 0.717) is 11.7 Å². The van der Waals surface area contributed by atoms with Crippen LogP contribution in [-0.2, 0) is 11.3 Å². The third kappa shape index (κ3) is 5.46. The van der Waals surface area contributed by atoms with Gasteiger partial charge in [0.2, 0.25) is 0 Å². The van der Waals surface area contributed by atoms with Gasteiger partial charge in [-0.15, -0.1) is 0 Å². The van der Waals surface area contributed by atoms with Gasteiger partial charge in [-0.3, -0.25) is 9.69 Å². The van der Waals surface area contributed by atoms with Crippen LogP contribution >= 0.6 is 0 Å². The van der Waals surface area contributed by atoms with Gasteiger partial charge in [0.1, 0.15) is 0 Å². The zero-order valence-corrected chi connectivity index (χ0v) is 22.8. The number of carbonyl (C=O) groups is 1. The summed E-state index contributed by atoms with van der Waals surface area (Å²) in [5, 5.41) is 14.0. The Kier molecular flexibility index (Phi) is 7.83. The van der Waals surface area contributed by atoms with E-state index in [1.165, 1.54) is 22.6 Å². The molecule has 0 bridgehead atoms. The maximum atomic E-state index is 12.5. The van der Waals surface area contributed by atoms with Gasteiger partial charge in [0.25, 0.3) is 0 Å². The second-order valence-electron chi connectivity index (χ2n) is 11.2. The first-order chi connectivity index (χ1) is 17.5. The molecule has 8 nitrogen and oxygen atoms in total. The Morgan fingerprint density at radius 3 is 2.68 bits per heavy atom. The summed E-state index contributed by atoms with van der Waals surface area (Å²) in [4.78, 5) is 15.0. The highest BCUT2D eigenvalue weighted by molar-refractivity contribution is 5.78. The molecule has 1 fully saturated rings. The van der Waals surface area contributed by atoms with E-state index in [-0.39, 0.29) is 5.92 Å². The Morgan fingerprint density at radius 2 is 2.03 bits per heavy atom. The van der Waals surface area contributed by atoms with Crippen molar-refractivity contribution >= 4 is 17.3 Å². The van der Waals surface area contributed by atoms with E-state index in [9.17, 15) is 9.90 Å². The van der Waals surface area contributed by atoms with Crippen LogP contribution < -0.4 is 22.0 Å². The number of nitrogens with two attached hydrogens (primary N) is 2. The first-order valence-electron chi connectivity index (χ1n) is 13.1. The summed E-state index contributed by atoms with van der Waals surface area (Å²) in [5.74, 6) is 4.75. The Morgan fingerprint density at radius 1 is 1.27 bits per heavy atom. The summed E-state index contributed by atoms with van der Waals surface area (Å²) >= 11 is 0. The summed E-state index contributed by atoms with van der Waals surface area (Å²) < 4.78 is 0. The number of rotatable bonds is 8. The second-order valence-corrected chi connectivity index (χ2v) is 11.2. The number of anilines is 2. The lowest BCUT2D eigenvalue weighted by atomic mass is 9.69. The second kappa shape index (κ2) is 10.7. The third-order valence-electron chi connectivity index (χ3n) is 8.13. The third-order valence-corrected chi connectivity index (χ3v) is 8.13. The van der Waals surface area contributed by atoms with Crippen LogP contribution in [-0.4, -0.2) is 53.7 Å². The van der Waals surface area contributed by atoms with E-state index in [2.05, 4.69) is 52.7 Å². The van der Waals surface area contributed by atoms with Crippen LogP contribution in [0, 0.1) is 19.3 Å². The van der Waals surface area contributed by atoms with Crippen molar-refractivity contribution in [1.29, 1.82) is 0 Å². The number of benzene rings is 2. The molecular formula is C29H42N6O2. The van der Waals surface area contributed by atoms with Gasteiger partial charge in [0, 0.05) is 38.8 Å². The molecule has 8 heteroatoms. The van der Waals surface area contributed by atoms with Crippen LogP contribution in [0.3, 0.4) is 0 Å². The van der Waals surface area contributed by atoms with Crippen LogP contribution in [0.4, 0.5) is 11.4 Å². The van der Waals surface area contributed by atoms with Crippen LogP contribution in [0.25, 0.3) is 0 Å². The molecular weight excluding hydrogens is 464 g/mol.